The molecule has 6 nitrogen and oxygen atoms in total. The van der Waals surface area contributed by atoms with Crippen molar-refractivity contribution in [3.05, 3.63) is 32.6 Å². The number of nitrogens with zero attached hydrogens (tertiary/aromatic N) is 2. The van der Waals surface area contributed by atoms with Gasteiger partial charge in [-0.25, -0.2) is 4.79 Å². The van der Waals surface area contributed by atoms with Gasteiger partial charge in [0, 0.05) is 45.6 Å². The fourth-order valence-corrected chi connectivity index (χ4v) is 1.66. The maximum absolute atomic E-state index is 11.7. The number of rotatable bonds is 8. The molecule has 1 rings (SSSR count). The SMILES string of the molecule is CCCCOCCNCc1cc(=O)n(C)c(=O)n1C. The maximum atomic E-state index is 11.7. The van der Waals surface area contributed by atoms with Crippen LogP contribution in [0.5, 0.6) is 0 Å². The van der Waals surface area contributed by atoms with E-state index in [1.807, 2.05) is 0 Å². The monoisotopic (exact) mass is 269 g/mol. The Kier molecular flexibility index (Phi) is 6.52. The Morgan fingerprint density at radius 2 is 1.95 bits per heavy atom. The highest BCUT2D eigenvalue weighted by molar-refractivity contribution is 5.01. The van der Waals surface area contributed by atoms with Crippen LogP contribution in [-0.4, -0.2) is 28.9 Å². The number of unbranched alkanes of at least 4 members (excludes halogenated alkanes) is 1. The minimum Gasteiger partial charge on any atom is -0.380 e. The molecule has 0 aliphatic heterocycles. The molecule has 1 aromatic rings. The minimum absolute atomic E-state index is 0.279. The fraction of sp³-hybridized carbons (Fsp3) is 0.692. The molecule has 0 amide bonds. The van der Waals surface area contributed by atoms with Crippen molar-refractivity contribution in [2.24, 2.45) is 14.1 Å². The van der Waals surface area contributed by atoms with Crippen LogP contribution in [0.1, 0.15) is 25.5 Å². The lowest BCUT2D eigenvalue weighted by Crippen LogP contribution is -2.39. The van der Waals surface area contributed by atoms with E-state index in [0.29, 0.717) is 25.4 Å². The van der Waals surface area contributed by atoms with E-state index in [-0.39, 0.29) is 11.2 Å². The van der Waals surface area contributed by atoms with Crippen molar-refractivity contribution in [1.82, 2.24) is 14.5 Å². The lowest BCUT2D eigenvalue weighted by atomic mass is 10.3. The first-order valence-corrected chi connectivity index (χ1v) is 6.62. The Morgan fingerprint density at radius 1 is 1.21 bits per heavy atom. The smallest absolute Gasteiger partial charge is 0.330 e. The van der Waals surface area contributed by atoms with Crippen molar-refractivity contribution >= 4 is 0 Å². The molecule has 0 aliphatic carbocycles. The molecule has 1 N–H and O–H groups in total. The highest BCUT2D eigenvalue weighted by Crippen LogP contribution is 1.90. The molecule has 0 saturated carbocycles. The Balaban J connectivity index is 2.42. The van der Waals surface area contributed by atoms with Crippen LogP contribution >= 0.6 is 0 Å². The van der Waals surface area contributed by atoms with Crippen LogP contribution in [0.25, 0.3) is 0 Å². The summed E-state index contributed by atoms with van der Waals surface area (Å²) < 4.78 is 7.99. The van der Waals surface area contributed by atoms with E-state index in [9.17, 15) is 9.59 Å². The molecule has 19 heavy (non-hydrogen) atoms. The summed E-state index contributed by atoms with van der Waals surface area (Å²) in [5, 5.41) is 3.16. The van der Waals surface area contributed by atoms with Gasteiger partial charge in [0.25, 0.3) is 5.56 Å². The first kappa shape index (κ1) is 15.7. The number of nitrogens with one attached hydrogen (secondary N) is 1. The molecule has 0 aromatic carbocycles. The molecule has 0 aliphatic rings. The standard InChI is InChI=1S/C13H23N3O3/c1-4-5-7-19-8-6-14-10-11-9-12(17)16(3)13(18)15(11)2/h9,14H,4-8,10H2,1-3H3. The second-order valence-corrected chi connectivity index (χ2v) is 4.52. The van der Waals surface area contributed by atoms with Crippen LogP contribution in [0.4, 0.5) is 0 Å². The predicted molar refractivity (Wildman–Crippen MR) is 74.4 cm³/mol. The van der Waals surface area contributed by atoms with Gasteiger partial charge in [0.2, 0.25) is 0 Å². The molecule has 0 saturated heterocycles. The molecular formula is C13H23N3O3. The van der Waals surface area contributed by atoms with Crippen molar-refractivity contribution < 1.29 is 4.74 Å². The van der Waals surface area contributed by atoms with Gasteiger partial charge < -0.3 is 10.1 Å². The van der Waals surface area contributed by atoms with Gasteiger partial charge >= 0.3 is 5.69 Å². The molecule has 1 aromatic heterocycles. The third kappa shape index (κ3) is 4.65. The summed E-state index contributed by atoms with van der Waals surface area (Å²) in [5.41, 5.74) is 0.101. The normalized spacial score (nSPS) is 10.9. The molecule has 0 atom stereocenters. The van der Waals surface area contributed by atoms with Crippen LogP contribution in [-0.2, 0) is 25.4 Å². The largest absolute Gasteiger partial charge is 0.380 e. The average Bonchev–Trinajstić information content (AvgIpc) is 2.41. The van der Waals surface area contributed by atoms with Crippen molar-refractivity contribution in [3.63, 3.8) is 0 Å². The van der Waals surface area contributed by atoms with E-state index in [0.717, 1.165) is 24.0 Å². The van der Waals surface area contributed by atoms with E-state index in [4.69, 9.17) is 4.74 Å². The Bertz CT molecular complexity index is 505. The van der Waals surface area contributed by atoms with Crippen molar-refractivity contribution in [1.29, 1.82) is 0 Å². The summed E-state index contributed by atoms with van der Waals surface area (Å²) in [6, 6.07) is 1.48. The zero-order chi connectivity index (χ0) is 14.3. The van der Waals surface area contributed by atoms with E-state index < -0.39 is 0 Å². The number of ether oxygens (including phenoxy) is 1. The quantitative estimate of drug-likeness (QED) is 0.674. The van der Waals surface area contributed by atoms with Gasteiger partial charge in [-0.05, 0) is 6.42 Å². The highest BCUT2D eigenvalue weighted by Gasteiger charge is 2.04. The number of aromatic nitrogens is 2. The predicted octanol–water partition coefficient (Wildman–Crippen LogP) is -0.00970. The van der Waals surface area contributed by atoms with Gasteiger partial charge in [-0.15, -0.1) is 0 Å². The summed E-state index contributed by atoms with van der Waals surface area (Å²) in [6.45, 7) is 4.73. The summed E-state index contributed by atoms with van der Waals surface area (Å²) >= 11 is 0. The maximum Gasteiger partial charge on any atom is 0.330 e. The summed E-state index contributed by atoms with van der Waals surface area (Å²) in [7, 11) is 3.14. The zero-order valence-electron chi connectivity index (χ0n) is 11.9. The first-order valence-electron chi connectivity index (χ1n) is 6.62. The van der Waals surface area contributed by atoms with Crippen LogP contribution in [0, 0.1) is 0 Å². The highest BCUT2D eigenvalue weighted by atomic mass is 16.5. The molecule has 0 radical (unpaired) electrons. The fourth-order valence-electron chi connectivity index (χ4n) is 1.66. The van der Waals surface area contributed by atoms with Gasteiger partial charge in [-0.2, -0.15) is 0 Å². The molecular weight excluding hydrogens is 246 g/mol. The first-order chi connectivity index (χ1) is 9.07. The third-order valence-corrected chi connectivity index (χ3v) is 3.00. The molecule has 0 bridgehead atoms. The van der Waals surface area contributed by atoms with Gasteiger partial charge in [0.15, 0.2) is 0 Å². The van der Waals surface area contributed by atoms with E-state index in [1.165, 1.54) is 17.7 Å². The van der Waals surface area contributed by atoms with Gasteiger partial charge in [-0.1, -0.05) is 13.3 Å². The summed E-state index contributed by atoms with van der Waals surface area (Å²) in [6.07, 6.45) is 2.20. The van der Waals surface area contributed by atoms with E-state index in [1.54, 1.807) is 7.05 Å². The Labute approximate surface area is 113 Å². The second-order valence-electron chi connectivity index (χ2n) is 4.52. The van der Waals surface area contributed by atoms with Gasteiger partial charge in [-0.3, -0.25) is 13.9 Å². The van der Waals surface area contributed by atoms with Crippen LogP contribution in [0.2, 0.25) is 0 Å². The van der Waals surface area contributed by atoms with E-state index >= 15 is 0 Å². The topological polar surface area (TPSA) is 65.3 Å². The van der Waals surface area contributed by atoms with Crippen LogP contribution < -0.4 is 16.6 Å². The van der Waals surface area contributed by atoms with Gasteiger partial charge in [0.1, 0.15) is 0 Å². The molecule has 0 unspecified atom stereocenters. The minimum atomic E-state index is -0.302. The lowest BCUT2D eigenvalue weighted by molar-refractivity contribution is 0.132. The average molecular weight is 269 g/mol. The molecule has 0 spiro atoms. The van der Waals surface area contributed by atoms with Crippen LogP contribution in [0.15, 0.2) is 15.7 Å². The van der Waals surface area contributed by atoms with E-state index in [2.05, 4.69) is 12.2 Å². The molecule has 1 heterocycles. The van der Waals surface area contributed by atoms with Crippen molar-refractivity contribution in [2.75, 3.05) is 19.8 Å². The zero-order valence-corrected chi connectivity index (χ0v) is 11.9. The molecule has 6 heteroatoms. The second kappa shape index (κ2) is 7.91. The third-order valence-electron chi connectivity index (χ3n) is 3.00. The number of hydrogen-bond acceptors (Lipinski definition) is 4. The van der Waals surface area contributed by atoms with Crippen molar-refractivity contribution in [3.8, 4) is 0 Å². The van der Waals surface area contributed by atoms with Gasteiger partial charge in [0.05, 0.1) is 6.61 Å². The summed E-state index contributed by atoms with van der Waals surface area (Å²) in [5.74, 6) is 0. The van der Waals surface area contributed by atoms with Crippen LogP contribution in [0.3, 0.4) is 0 Å². The lowest BCUT2D eigenvalue weighted by Gasteiger charge is -2.10. The Hall–Kier alpha value is -1.40. The van der Waals surface area contributed by atoms with Crippen molar-refractivity contribution in [2.45, 2.75) is 26.3 Å². The molecule has 108 valence electrons. The number of hydrogen-bond donors (Lipinski definition) is 1. The Morgan fingerprint density at radius 3 is 2.63 bits per heavy atom. The summed E-state index contributed by atoms with van der Waals surface area (Å²) in [4.78, 5) is 23.2. The molecule has 0 fully saturated rings.